The Labute approximate surface area is 169 Å². The average molecular weight is 393 g/mol. The molecule has 1 atom stereocenters. The van der Waals surface area contributed by atoms with Gasteiger partial charge in [-0.25, -0.2) is 0 Å². The summed E-state index contributed by atoms with van der Waals surface area (Å²) < 4.78 is 10.4. The summed E-state index contributed by atoms with van der Waals surface area (Å²) in [5, 5.41) is 6.74. The number of nitrogens with one attached hydrogen (secondary N) is 1. The fraction of sp³-hybridized carbons (Fsp3) is 0.273. The second-order valence-electron chi connectivity index (χ2n) is 6.77. The molecule has 1 aromatic heterocycles. The molecule has 29 heavy (non-hydrogen) atoms. The quantitative estimate of drug-likeness (QED) is 0.613. The first-order valence-electron chi connectivity index (χ1n) is 9.38. The van der Waals surface area contributed by atoms with E-state index in [-0.39, 0.29) is 18.7 Å². The molecule has 2 aromatic carbocycles. The van der Waals surface area contributed by atoms with Gasteiger partial charge in [-0.15, -0.1) is 0 Å². The van der Waals surface area contributed by atoms with Crippen LogP contribution in [-0.4, -0.2) is 28.1 Å². The van der Waals surface area contributed by atoms with Crippen LogP contribution in [0.5, 0.6) is 0 Å². The predicted octanol–water partition coefficient (Wildman–Crippen LogP) is 3.86. The normalized spacial score (nSPS) is 11.7. The highest BCUT2D eigenvalue weighted by Gasteiger charge is 2.20. The van der Waals surface area contributed by atoms with E-state index in [0.29, 0.717) is 11.7 Å². The minimum atomic E-state index is -0.913. The Morgan fingerprint density at radius 1 is 1.07 bits per heavy atom. The minimum Gasteiger partial charge on any atom is -0.453 e. The SMILES string of the molecule is Cc1cccc(C)c1NC(=O)[C@@H](C)OC(=O)CCc1nc(-c2ccccc2)no1. The summed E-state index contributed by atoms with van der Waals surface area (Å²) in [6.07, 6.45) is -0.634. The maximum Gasteiger partial charge on any atom is 0.307 e. The molecule has 0 aliphatic carbocycles. The zero-order chi connectivity index (χ0) is 20.8. The summed E-state index contributed by atoms with van der Waals surface area (Å²) in [5.41, 5.74) is 3.46. The summed E-state index contributed by atoms with van der Waals surface area (Å²) in [6, 6.07) is 15.2. The number of ether oxygens (including phenoxy) is 1. The molecule has 1 amide bonds. The second kappa shape index (κ2) is 9.14. The van der Waals surface area contributed by atoms with Crippen molar-refractivity contribution < 1.29 is 18.8 Å². The second-order valence-corrected chi connectivity index (χ2v) is 6.77. The van der Waals surface area contributed by atoms with Crippen molar-refractivity contribution in [3.8, 4) is 11.4 Å². The summed E-state index contributed by atoms with van der Waals surface area (Å²) in [4.78, 5) is 28.7. The van der Waals surface area contributed by atoms with E-state index in [2.05, 4.69) is 15.5 Å². The van der Waals surface area contributed by atoms with Crippen LogP contribution in [0.4, 0.5) is 5.69 Å². The van der Waals surface area contributed by atoms with Gasteiger partial charge in [0.25, 0.3) is 5.91 Å². The van der Waals surface area contributed by atoms with Crippen LogP contribution in [0.25, 0.3) is 11.4 Å². The molecule has 1 heterocycles. The van der Waals surface area contributed by atoms with E-state index >= 15 is 0 Å². The van der Waals surface area contributed by atoms with Gasteiger partial charge in [0.15, 0.2) is 6.10 Å². The van der Waals surface area contributed by atoms with Crippen molar-refractivity contribution in [2.75, 3.05) is 5.32 Å². The summed E-state index contributed by atoms with van der Waals surface area (Å²) in [5.74, 6) is -0.0720. The lowest BCUT2D eigenvalue weighted by Gasteiger charge is -2.16. The summed E-state index contributed by atoms with van der Waals surface area (Å²) in [6.45, 7) is 5.36. The number of esters is 1. The fourth-order valence-corrected chi connectivity index (χ4v) is 2.82. The van der Waals surface area contributed by atoms with Crippen molar-refractivity contribution in [1.29, 1.82) is 0 Å². The van der Waals surface area contributed by atoms with Crippen LogP contribution >= 0.6 is 0 Å². The molecule has 3 rings (SSSR count). The number of benzene rings is 2. The number of hydrogen-bond donors (Lipinski definition) is 1. The molecule has 0 spiro atoms. The molecule has 0 fully saturated rings. The van der Waals surface area contributed by atoms with Gasteiger partial charge in [-0.2, -0.15) is 4.98 Å². The van der Waals surface area contributed by atoms with Crippen LogP contribution in [0, 0.1) is 13.8 Å². The molecule has 0 unspecified atom stereocenters. The van der Waals surface area contributed by atoms with Crippen molar-refractivity contribution in [1.82, 2.24) is 10.1 Å². The third-order valence-electron chi connectivity index (χ3n) is 4.45. The van der Waals surface area contributed by atoms with Crippen LogP contribution < -0.4 is 5.32 Å². The van der Waals surface area contributed by atoms with E-state index in [4.69, 9.17) is 9.26 Å². The van der Waals surface area contributed by atoms with Crippen molar-refractivity contribution in [2.24, 2.45) is 0 Å². The van der Waals surface area contributed by atoms with Crippen LogP contribution in [0.1, 0.15) is 30.4 Å². The Kier molecular flexibility index (Phi) is 6.39. The number of nitrogens with zero attached hydrogens (tertiary/aromatic N) is 2. The standard InChI is InChI=1S/C22H23N3O4/c1-14-8-7-9-15(2)20(14)24-22(27)16(3)28-19(26)13-12-18-23-21(25-29-18)17-10-5-4-6-11-17/h4-11,16H,12-13H2,1-3H3,(H,24,27)/t16-/m1/s1. The first kappa shape index (κ1) is 20.3. The maximum absolute atomic E-state index is 12.4. The van der Waals surface area contributed by atoms with E-state index in [1.807, 2.05) is 62.4 Å². The van der Waals surface area contributed by atoms with E-state index in [1.54, 1.807) is 6.92 Å². The van der Waals surface area contributed by atoms with Gasteiger partial charge in [-0.1, -0.05) is 53.7 Å². The van der Waals surface area contributed by atoms with E-state index in [0.717, 1.165) is 22.4 Å². The molecule has 3 aromatic rings. The molecule has 0 radical (unpaired) electrons. The monoisotopic (exact) mass is 393 g/mol. The van der Waals surface area contributed by atoms with E-state index < -0.39 is 12.1 Å². The lowest BCUT2D eigenvalue weighted by atomic mass is 10.1. The molecule has 0 aliphatic rings. The van der Waals surface area contributed by atoms with Gasteiger partial charge >= 0.3 is 5.97 Å². The van der Waals surface area contributed by atoms with Crippen molar-refractivity contribution in [2.45, 2.75) is 39.7 Å². The zero-order valence-corrected chi connectivity index (χ0v) is 16.6. The molecule has 7 heteroatoms. The number of carbonyl (C=O) groups is 2. The van der Waals surface area contributed by atoms with Crippen LogP contribution in [0.15, 0.2) is 53.1 Å². The first-order chi connectivity index (χ1) is 13.9. The molecule has 150 valence electrons. The third-order valence-corrected chi connectivity index (χ3v) is 4.45. The van der Waals surface area contributed by atoms with Crippen molar-refractivity contribution in [3.05, 3.63) is 65.5 Å². The van der Waals surface area contributed by atoms with Gasteiger partial charge in [0.1, 0.15) is 0 Å². The predicted molar refractivity (Wildman–Crippen MR) is 108 cm³/mol. The van der Waals surface area contributed by atoms with Gasteiger partial charge in [0, 0.05) is 17.7 Å². The number of hydrogen-bond acceptors (Lipinski definition) is 6. The third kappa shape index (κ3) is 5.28. The Balaban J connectivity index is 1.50. The summed E-state index contributed by atoms with van der Waals surface area (Å²) >= 11 is 0. The highest BCUT2D eigenvalue weighted by atomic mass is 16.5. The fourth-order valence-electron chi connectivity index (χ4n) is 2.82. The average Bonchev–Trinajstić information content (AvgIpc) is 3.19. The molecule has 0 bridgehead atoms. The Morgan fingerprint density at radius 3 is 2.45 bits per heavy atom. The number of carbonyl (C=O) groups excluding carboxylic acids is 2. The zero-order valence-electron chi connectivity index (χ0n) is 16.6. The number of para-hydroxylation sites is 1. The van der Waals surface area contributed by atoms with E-state index in [9.17, 15) is 9.59 Å². The molecule has 7 nitrogen and oxygen atoms in total. The molecule has 0 aliphatic heterocycles. The van der Waals surface area contributed by atoms with Gasteiger partial charge < -0.3 is 14.6 Å². The molecule has 0 saturated heterocycles. The van der Waals surface area contributed by atoms with Gasteiger partial charge in [0.05, 0.1) is 6.42 Å². The minimum absolute atomic E-state index is 0.0391. The van der Waals surface area contributed by atoms with Crippen molar-refractivity contribution in [3.63, 3.8) is 0 Å². The van der Waals surface area contributed by atoms with Crippen molar-refractivity contribution >= 4 is 17.6 Å². The van der Waals surface area contributed by atoms with Crippen LogP contribution in [0.3, 0.4) is 0 Å². The highest BCUT2D eigenvalue weighted by Crippen LogP contribution is 2.20. The molecule has 0 saturated carbocycles. The number of amides is 1. The highest BCUT2D eigenvalue weighted by molar-refractivity contribution is 5.96. The Hall–Kier alpha value is -3.48. The largest absolute Gasteiger partial charge is 0.453 e. The Bertz CT molecular complexity index is 978. The smallest absolute Gasteiger partial charge is 0.307 e. The maximum atomic E-state index is 12.4. The van der Waals surface area contributed by atoms with Gasteiger partial charge in [-0.05, 0) is 31.9 Å². The number of rotatable bonds is 7. The van der Waals surface area contributed by atoms with Gasteiger partial charge in [-0.3, -0.25) is 9.59 Å². The lowest BCUT2D eigenvalue weighted by Crippen LogP contribution is -2.30. The lowest BCUT2D eigenvalue weighted by molar-refractivity contribution is -0.153. The Morgan fingerprint density at radius 2 is 1.76 bits per heavy atom. The molecule has 1 N–H and O–H groups in total. The number of aryl methyl sites for hydroxylation is 3. The molecular weight excluding hydrogens is 370 g/mol. The van der Waals surface area contributed by atoms with Crippen LogP contribution in [-0.2, 0) is 20.7 Å². The van der Waals surface area contributed by atoms with Gasteiger partial charge in [0.2, 0.25) is 11.7 Å². The number of anilines is 1. The van der Waals surface area contributed by atoms with E-state index in [1.165, 1.54) is 0 Å². The molecular formula is C22H23N3O4. The topological polar surface area (TPSA) is 94.3 Å². The first-order valence-corrected chi connectivity index (χ1v) is 9.38. The number of aromatic nitrogens is 2. The summed E-state index contributed by atoms with van der Waals surface area (Å²) in [7, 11) is 0. The van der Waals surface area contributed by atoms with Crippen LogP contribution in [0.2, 0.25) is 0 Å².